The third-order valence-electron chi connectivity index (χ3n) is 3.81. The van der Waals surface area contributed by atoms with E-state index in [1.807, 2.05) is 24.3 Å². The van der Waals surface area contributed by atoms with Crippen molar-refractivity contribution in [1.82, 2.24) is 5.32 Å². The van der Waals surface area contributed by atoms with Crippen molar-refractivity contribution >= 4 is 0 Å². The highest BCUT2D eigenvalue weighted by Crippen LogP contribution is 2.18. The largest absolute Gasteiger partial charge is 0.307 e. The molecule has 98 valence electrons. The molecule has 0 bridgehead atoms. The molecule has 1 aromatic rings. The third-order valence-corrected chi connectivity index (χ3v) is 3.81. The molecule has 0 amide bonds. The summed E-state index contributed by atoms with van der Waals surface area (Å²) in [5, 5.41) is 12.4. The molecule has 0 aromatic heterocycles. The molecule has 18 heavy (non-hydrogen) atoms. The molecule has 0 aliphatic heterocycles. The lowest BCUT2D eigenvalue weighted by Gasteiger charge is -2.26. The number of rotatable bonds is 6. The molecule has 0 heterocycles. The summed E-state index contributed by atoms with van der Waals surface area (Å²) in [4.78, 5) is 0. The quantitative estimate of drug-likeness (QED) is 0.820. The van der Waals surface area contributed by atoms with Crippen LogP contribution in [-0.4, -0.2) is 6.04 Å². The first-order valence-corrected chi connectivity index (χ1v) is 6.88. The highest BCUT2D eigenvalue weighted by Gasteiger charge is 2.16. The van der Waals surface area contributed by atoms with Gasteiger partial charge in [0.2, 0.25) is 0 Å². The Kier molecular flexibility index (Phi) is 5.88. The number of hydrogen-bond donors (Lipinski definition) is 1. The Morgan fingerprint density at radius 3 is 2.11 bits per heavy atom. The first kappa shape index (κ1) is 14.7. The molecular formula is C16H24N2. The highest BCUT2D eigenvalue weighted by molar-refractivity contribution is 5.32. The van der Waals surface area contributed by atoms with Crippen LogP contribution in [0.3, 0.4) is 0 Å². The van der Waals surface area contributed by atoms with E-state index >= 15 is 0 Å². The molecule has 0 fully saturated rings. The van der Waals surface area contributed by atoms with E-state index < -0.39 is 0 Å². The van der Waals surface area contributed by atoms with Gasteiger partial charge >= 0.3 is 0 Å². The van der Waals surface area contributed by atoms with Crippen molar-refractivity contribution in [3.05, 3.63) is 35.4 Å². The average molecular weight is 244 g/mol. The monoisotopic (exact) mass is 244 g/mol. The topological polar surface area (TPSA) is 35.8 Å². The first-order chi connectivity index (χ1) is 8.62. The number of nitrogens with one attached hydrogen (secondary N) is 1. The minimum atomic E-state index is 0.327. The van der Waals surface area contributed by atoms with Crippen LogP contribution in [0.2, 0.25) is 0 Å². The number of nitriles is 1. The third kappa shape index (κ3) is 3.85. The van der Waals surface area contributed by atoms with Crippen LogP contribution in [0.4, 0.5) is 0 Å². The minimum Gasteiger partial charge on any atom is -0.307 e. The Morgan fingerprint density at radius 2 is 1.67 bits per heavy atom. The van der Waals surface area contributed by atoms with Gasteiger partial charge in [0.15, 0.2) is 0 Å². The van der Waals surface area contributed by atoms with Crippen molar-refractivity contribution in [1.29, 1.82) is 5.26 Å². The Bertz CT molecular complexity index is 385. The molecular weight excluding hydrogens is 220 g/mol. The van der Waals surface area contributed by atoms with Crippen LogP contribution < -0.4 is 5.32 Å². The van der Waals surface area contributed by atoms with Crippen LogP contribution in [0.1, 0.15) is 57.7 Å². The van der Waals surface area contributed by atoms with Crippen molar-refractivity contribution in [2.45, 2.75) is 52.6 Å². The molecule has 1 rings (SSSR count). The fourth-order valence-corrected chi connectivity index (χ4v) is 2.47. The minimum absolute atomic E-state index is 0.327. The zero-order valence-corrected chi connectivity index (χ0v) is 11.9. The molecule has 2 heteroatoms. The molecule has 2 nitrogen and oxygen atoms in total. The molecule has 2 unspecified atom stereocenters. The van der Waals surface area contributed by atoms with Crippen molar-refractivity contribution < 1.29 is 0 Å². The molecule has 0 spiro atoms. The first-order valence-electron chi connectivity index (χ1n) is 6.88. The summed E-state index contributed by atoms with van der Waals surface area (Å²) in [6.45, 7) is 8.94. The Hall–Kier alpha value is -1.33. The summed E-state index contributed by atoms with van der Waals surface area (Å²) in [6.07, 6.45) is 2.43. The second kappa shape index (κ2) is 7.18. The number of hydrogen-bond acceptors (Lipinski definition) is 2. The van der Waals surface area contributed by atoms with E-state index in [2.05, 4.69) is 39.1 Å². The molecule has 0 saturated carbocycles. The maximum Gasteiger partial charge on any atom is 0.0991 e. The van der Waals surface area contributed by atoms with Crippen LogP contribution in [0, 0.1) is 17.2 Å². The highest BCUT2D eigenvalue weighted by atomic mass is 14.9. The zero-order valence-electron chi connectivity index (χ0n) is 11.9. The maximum atomic E-state index is 8.78. The SMILES string of the molecule is CCC(CC)C(C)NC(C)c1ccc(C#N)cc1. The van der Waals surface area contributed by atoms with Crippen molar-refractivity contribution in [3.63, 3.8) is 0 Å². The molecule has 1 aromatic carbocycles. The summed E-state index contributed by atoms with van der Waals surface area (Å²) in [5.41, 5.74) is 1.96. The Morgan fingerprint density at radius 1 is 1.11 bits per heavy atom. The zero-order chi connectivity index (χ0) is 13.5. The fraction of sp³-hybridized carbons (Fsp3) is 0.562. The van der Waals surface area contributed by atoms with E-state index in [1.165, 1.54) is 18.4 Å². The number of nitrogens with zero attached hydrogens (tertiary/aromatic N) is 1. The van der Waals surface area contributed by atoms with Crippen LogP contribution in [-0.2, 0) is 0 Å². The Balaban J connectivity index is 2.64. The van der Waals surface area contributed by atoms with Gasteiger partial charge < -0.3 is 5.32 Å². The van der Waals surface area contributed by atoms with E-state index in [-0.39, 0.29) is 0 Å². The van der Waals surface area contributed by atoms with E-state index in [0.29, 0.717) is 12.1 Å². The molecule has 0 aliphatic carbocycles. The van der Waals surface area contributed by atoms with E-state index in [4.69, 9.17) is 5.26 Å². The van der Waals surface area contributed by atoms with Crippen LogP contribution in [0.5, 0.6) is 0 Å². The van der Waals surface area contributed by atoms with Gasteiger partial charge in [-0.3, -0.25) is 0 Å². The van der Waals surface area contributed by atoms with Crippen molar-refractivity contribution in [2.24, 2.45) is 5.92 Å². The predicted octanol–water partition coefficient (Wildman–Crippen LogP) is 4.03. The summed E-state index contributed by atoms with van der Waals surface area (Å²) in [7, 11) is 0. The lowest BCUT2D eigenvalue weighted by atomic mass is 9.94. The van der Waals surface area contributed by atoms with Crippen LogP contribution in [0.15, 0.2) is 24.3 Å². The van der Waals surface area contributed by atoms with Gasteiger partial charge in [-0.05, 0) is 37.5 Å². The average Bonchev–Trinajstić information content (AvgIpc) is 2.40. The summed E-state index contributed by atoms with van der Waals surface area (Å²) >= 11 is 0. The molecule has 0 saturated heterocycles. The Labute approximate surface area is 111 Å². The second-order valence-corrected chi connectivity index (χ2v) is 4.99. The van der Waals surface area contributed by atoms with Gasteiger partial charge in [0.05, 0.1) is 11.6 Å². The van der Waals surface area contributed by atoms with Gasteiger partial charge in [-0.15, -0.1) is 0 Å². The molecule has 1 N–H and O–H groups in total. The predicted molar refractivity (Wildman–Crippen MR) is 76.2 cm³/mol. The van der Waals surface area contributed by atoms with Gasteiger partial charge in [0, 0.05) is 12.1 Å². The molecule has 0 radical (unpaired) electrons. The standard InChI is InChI=1S/C16H24N2/c1-5-15(6-2)12(3)18-13(4)16-9-7-14(11-17)8-10-16/h7-10,12-13,15,18H,5-6H2,1-4H3. The van der Waals surface area contributed by atoms with E-state index in [9.17, 15) is 0 Å². The van der Waals surface area contributed by atoms with E-state index in [1.54, 1.807) is 0 Å². The molecule has 2 atom stereocenters. The summed E-state index contributed by atoms with van der Waals surface area (Å²) in [6, 6.07) is 10.8. The lowest BCUT2D eigenvalue weighted by Crippen LogP contribution is -2.34. The van der Waals surface area contributed by atoms with Crippen LogP contribution in [0.25, 0.3) is 0 Å². The maximum absolute atomic E-state index is 8.78. The van der Waals surface area contributed by atoms with E-state index in [0.717, 1.165) is 11.5 Å². The summed E-state index contributed by atoms with van der Waals surface area (Å²) < 4.78 is 0. The lowest BCUT2D eigenvalue weighted by molar-refractivity contribution is 0.330. The fourth-order valence-electron chi connectivity index (χ4n) is 2.47. The smallest absolute Gasteiger partial charge is 0.0991 e. The van der Waals surface area contributed by atoms with Gasteiger partial charge in [-0.25, -0.2) is 0 Å². The second-order valence-electron chi connectivity index (χ2n) is 4.99. The van der Waals surface area contributed by atoms with Crippen molar-refractivity contribution in [2.75, 3.05) is 0 Å². The number of benzene rings is 1. The van der Waals surface area contributed by atoms with Gasteiger partial charge in [-0.2, -0.15) is 5.26 Å². The van der Waals surface area contributed by atoms with Gasteiger partial charge in [0.25, 0.3) is 0 Å². The molecule has 0 aliphatic rings. The van der Waals surface area contributed by atoms with Crippen LogP contribution >= 0.6 is 0 Å². The normalized spacial score (nSPS) is 14.2. The van der Waals surface area contributed by atoms with Crippen molar-refractivity contribution in [3.8, 4) is 6.07 Å². The van der Waals surface area contributed by atoms with Gasteiger partial charge in [0.1, 0.15) is 0 Å². The van der Waals surface area contributed by atoms with Gasteiger partial charge in [-0.1, -0.05) is 38.8 Å². The summed E-state index contributed by atoms with van der Waals surface area (Å²) in [5.74, 6) is 0.728.